The van der Waals surface area contributed by atoms with Gasteiger partial charge in [-0.05, 0) is 30.7 Å². The maximum atomic E-state index is 13.0. The molecule has 3 aromatic carbocycles. The molecule has 0 bridgehead atoms. The zero-order valence-electron chi connectivity index (χ0n) is 18.1. The largest absolute Gasteiger partial charge is 0.507 e. The number of nitrogens with one attached hydrogen (secondary N) is 1. The Hall–Kier alpha value is -3.73. The molecule has 176 valence electrons. The van der Waals surface area contributed by atoms with Crippen molar-refractivity contribution in [1.29, 1.82) is 0 Å². The van der Waals surface area contributed by atoms with E-state index in [1.807, 2.05) is 0 Å². The van der Waals surface area contributed by atoms with E-state index in [0.717, 1.165) is 6.07 Å². The second-order valence-corrected chi connectivity index (χ2v) is 9.28. The van der Waals surface area contributed by atoms with Crippen LogP contribution in [0.15, 0.2) is 59.5 Å². The van der Waals surface area contributed by atoms with E-state index in [9.17, 15) is 28.2 Å². The van der Waals surface area contributed by atoms with Gasteiger partial charge in [-0.15, -0.1) is 0 Å². The Morgan fingerprint density at radius 3 is 2.15 bits per heavy atom. The van der Waals surface area contributed by atoms with Gasteiger partial charge in [0.05, 0.1) is 16.0 Å². The van der Waals surface area contributed by atoms with Crippen molar-refractivity contribution in [1.82, 2.24) is 4.72 Å². The number of methoxy groups -OCH3 is 1. The first-order chi connectivity index (χ1) is 16.2. The zero-order chi connectivity index (χ0) is 24.5. The zero-order valence-corrected chi connectivity index (χ0v) is 18.9. The van der Waals surface area contributed by atoms with E-state index in [-0.39, 0.29) is 45.2 Å². The number of hydrogen-bond donors (Lipinski definition) is 3. The highest BCUT2D eigenvalue weighted by Crippen LogP contribution is 2.44. The van der Waals surface area contributed by atoms with Gasteiger partial charge in [0.15, 0.2) is 23.1 Å². The number of phenols is 2. The van der Waals surface area contributed by atoms with Crippen LogP contribution in [0.1, 0.15) is 38.3 Å². The maximum Gasteiger partial charge on any atom is 0.240 e. The number of fused-ring (bicyclic) bond motifs is 2. The third kappa shape index (κ3) is 4.26. The van der Waals surface area contributed by atoms with Gasteiger partial charge in [-0.1, -0.05) is 24.3 Å². The average Bonchev–Trinajstić information content (AvgIpc) is 2.83. The predicted octanol–water partition coefficient (Wildman–Crippen LogP) is 2.98. The minimum Gasteiger partial charge on any atom is -0.507 e. The number of ether oxygens (including phenoxy) is 2. The Balaban J connectivity index is 1.61. The molecular formula is C24H21NO8S. The molecular weight excluding hydrogens is 462 g/mol. The fourth-order valence-electron chi connectivity index (χ4n) is 3.63. The van der Waals surface area contributed by atoms with Crippen LogP contribution < -0.4 is 9.46 Å². The minimum atomic E-state index is -3.73. The fourth-order valence-corrected chi connectivity index (χ4v) is 4.71. The van der Waals surface area contributed by atoms with E-state index in [1.54, 1.807) is 12.1 Å². The lowest BCUT2D eigenvalue weighted by molar-refractivity contribution is 0.0973. The lowest BCUT2D eigenvalue weighted by Crippen LogP contribution is -2.25. The first kappa shape index (κ1) is 23.4. The topological polar surface area (TPSA) is 139 Å². The Morgan fingerprint density at radius 2 is 1.53 bits per heavy atom. The molecule has 3 aromatic rings. The van der Waals surface area contributed by atoms with Crippen LogP contribution in [0.2, 0.25) is 0 Å². The second-order valence-electron chi connectivity index (χ2n) is 7.51. The molecule has 0 heterocycles. The van der Waals surface area contributed by atoms with Gasteiger partial charge in [-0.3, -0.25) is 9.59 Å². The number of carbonyl (C=O) groups is 2. The summed E-state index contributed by atoms with van der Waals surface area (Å²) in [6.45, 7) is 0.638. The van der Waals surface area contributed by atoms with Gasteiger partial charge in [0, 0.05) is 37.5 Å². The molecule has 1 aliphatic rings. The number of sulfonamides is 1. The van der Waals surface area contributed by atoms with E-state index in [2.05, 4.69) is 4.72 Å². The quantitative estimate of drug-likeness (QED) is 0.257. The molecule has 0 aromatic heterocycles. The molecule has 4 rings (SSSR count). The molecule has 0 unspecified atom stereocenters. The van der Waals surface area contributed by atoms with Gasteiger partial charge in [-0.2, -0.15) is 0 Å². The maximum absolute atomic E-state index is 13.0. The highest BCUT2D eigenvalue weighted by molar-refractivity contribution is 7.89. The molecule has 0 spiro atoms. The van der Waals surface area contributed by atoms with Gasteiger partial charge in [0.1, 0.15) is 11.5 Å². The van der Waals surface area contributed by atoms with Gasteiger partial charge in [0.2, 0.25) is 10.0 Å². The minimum absolute atomic E-state index is 0.00663. The standard InChI is InChI=1S/C24H21NO8S/c1-32-12-4-11-25-34(30,31)15-9-7-14(8-10-15)33-19-13-18(26)20-21(24(19)29)23(28)17-6-3-2-5-16(17)22(20)27/h2-3,5-10,13,25-26,29H,4,11-12H2,1H3. The second kappa shape index (κ2) is 9.26. The first-order valence-corrected chi connectivity index (χ1v) is 11.8. The van der Waals surface area contributed by atoms with Crippen LogP contribution in [0.3, 0.4) is 0 Å². The van der Waals surface area contributed by atoms with Crippen molar-refractivity contribution in [3.05, 3.63) is 76.9 Å². The Labute approximate surface area is 195 Å². The smallest absolute Gasteiger partial charge is 0.240 e. The van der Waals surface area contributed by atoms with Gasteiger partial charge in [0.25, 0.3) is 0 Å². The van der Waals surface area contributed by atoms with E-state index >= 15 is 0 Å². The van der Waals surface area contributed by atoms with Crippen molar-refractivity contribution in [2.75, 3.05) is 20.3 Å². The summed E-state index contributed by atoms with van der Waals surface area (Å²) in [6, 6.07) is 12.5. The summed E-state index contributed by atoms with van der Waals surface area (Å²) in [5.74, 6) is -2.44. The summed E-state index contributed by atoms with van der Waals surface area (Å²) in [6.07, 6.45) is 0.518. The van der Waals surface area contributed by atoms with Crippen LogP contribution in [0.5, 0.6) is 23.0 Å². The summed E-state index contributed by atoms with van der Waals surface area (Å²) in [5.41, 5.74) is -0.400. The number of aromatic hydroxyl groups is 2. The van der Waals surface area contributed by atoms with Crippen LogP contribution in [0.4, 0.5) is 0 Å². The highest BCUT2D eigenvalue weighted by Gasteiger charge is 2.36. The Bertz CT molecular complexity index is 1380. The number of hydrogen-bond acceptors (Lipinski definition) is 8. The molecule has 3 N–H and O–H groups in total. The van der Waals surface area contributed by atoms with Crippen molar-refractivity contribution in [2.24, 2.45) is 0 Å². The molecule has 0 fully saturated rings. The lowest BCUT2D eigenvalue weighted by atomic mass is 9.83. The predicted molar refractivity (Wildman–Crippen MR) is 121 cm³/mol. The Morgan fingerprint density at radius 1 is 0.912 bits per heavy atom. The SMILES string of the molecule is COCCCNS(=O)(=O)c1ccc(Oc2cc(O)c3c(c2O)C(=O)c2ccccc2C3=O)cc1. The molecule has 0 radical (unpaired) electrons. The lowest BCUT2D eigenvalue weighted by Gasteiger charge is -2.21. The normalized spacial score (nSPS) is 12.9. The third-order valence-electron chi connectivity index (χ3n) is 5.29. The van der Waals surface area contributed by atoms with E-state index < -0.39 is 33.1 Å². The number of rotatable bonds is 8. The average molecular weight is 483 g/mol. The van der Waals surface area contributed by atoms with Crippen LogP contribution in [-0.2, 0) is 14.8 Å². The first-order valence-electron chi connectivity index (χ1n) is 10.3. The van der Waals surface area contributed by atoms with Crippen molar-refractivity contribution in [2.45, 2.75) is 11.3 Å². The molecule has 0 saturated heterocycles. The number of carbonyl (C=O) groups excluding carboxylic acids is 2. The molecule has 34 heavy (non-hydrogen) atoms. The molecule has 1 aliphatic carbocycles. The van der Waals surface area contributed by atoms with Crippen LogP contribution in [0, 0.1) is 0 Å². The van der Waals surface area contributed by atoms with Crippen molar-refractivity contribution >= 4 is 21.6 Å². The molecule has 0 aliphatic heterocycles. The van der Waals surface area contributed by atoms with Crippen molar-refractivity contribution < 1.29 is 37.7 Å². The van der Waals surface area contributed by atoms with E-state index in [1.165, 1.54) is 43.5 Å². The third-order valence-corrected chi connectivity index (χ3v) is 6.77. The molecule has 10 heteroatoms. The number of ketones is 2. The van der Waals surface area contributed by atoms with Crippen LogP contribution in [-0.4, -0.2) is 50.5 Å². The molecule has 0 atom stereocenters. The van der Waals surface area contributed by atoms with Crippen LogP contribution >= 0.6 is 0 Å². The van der Waals surface area contributed by atoms with Gasteiger partial charge in [-0.25, -0.2) is 13.1 Å². The number of phenolic OH excluding ortho intramolecular Hbond substituents is 2. The van der Waals surface area contributed by atoms with E-state index in [0.29, 0.717) is 13.0 Å². The highest BCUT2D eigenvalue weighted by atomic mass is 32.2. The number of benzene rings is 3. The summed E-state index contributed by atoms with van der Waals surface area (Å²) >= 11 is 0. The summed E-state index contributed by atoms with van der Waals surface area (Å²) in [5, 5.41) is 21.2. The molecule has 0 amide bonds. The van der Waals surface area contributed by atoms with Crippen molar-refractivity contribution in [3.8, 4) is 23.0 Å². The Kier molecular flexibility index (Phi) is 6.38. The summed E-state index contributed by atoms with van der Waals surface area (Å²) in [7, 11) is -2.20. The van der Waals surface area contributed by atoms with Gasteiger partial charge >= 0.3 is 0 Å². The van der Waals surface area contributed by atoms with Crippen molar-refractivity contribution in [3.63, 3.8) is 0 Å². The monoisotopic (exact) mass is 483 g/mol. The molecule has 9 nitrogen and oxygen atoms in total. The fraction of sp³-hybridized carbons (Fsp3) is 0.167. The molecule has 0 saturated carbocycles. The summed E-state index contributed by atoms with van der Waals surface area (Å²) < 4.78 is 37.7. The summed E-state index contributed by atoms with van der Waals surface area (Å²) in [4.78, 5) is 25.8. The van der Waals surface area contributed by atoms with Crippen LogP contribution in [0.25, 0.3) is 0 Å². The van der Waals surface area contributed by atoms with Gasteiger partial charge < -0.3 is 19.7 Å². The van der Waals surface area contributed by atoms with E-state index in [4.69, 9.17) is 9.47 Å².